The lowest BCUT2D eigenvalue weighted by Crippen LogP contribution is -2.27. The quantitative estimate of drug-likeness (QED) is 0.436. The lowest BCUT2D eigenvalue weighted by Gasteiger charge is -2.12. The molecule has 4 rings (SSSR count). The third-order valence-electron chi connectivity index (χ3n) is 6.04. The number of hydrogen-bond donors (Lipinski definition) is 1. The highest BCUT2D eigenvalue weighted by atomic mass is 16.5. The fourth-order valence-corrected chi connectivity index (χ4v) is 3.92. The number of methoxy groups -OCH3 is 2. The molecular weight excluding hydrogens is 432 g/mol. The van der Waals surface area contributed by atoms with E-state index in [0.29, 0.717) is 29.9 Å². The number of aromatic nitrogens is 3. The Morgan fingerprint density at radius 3 is 2.47 bits per heavy atom. The second-order valence-electron chi connectivity index (χ2n) is 8.08. The van der Waals surface area contributed by atoms with Gasteiger partial charge >= 0.3 is 0 Å². The second kappa shape index (κ2) is 9.82. The van der Waals surface area contributed by atoms with E-state index in [4.69, 9.17) is 9.47 Å². The van der Waals surface area contributed by atoms with Gasteiger partial charge in [-0.25, -0.2) is 0 Å². The van der Waals surface area contributed by atoms with Crippen LogP contribution in [0.15, 0.2) is 59.4 Å². The summed E-state index contributed by atoms with van der Waals surface area (Å²) in [4.78, 5) is 25.7. The molecule has 0 unspecified atom stereocenters. The van der Waals surface area contributed by atoms with Gasteiger partial charge in [0.05, 0.1) is 19.9 Å². The van der Waals surface area contributed by atoms with Crippen LogP contribution in [0, 0.1) is 6.92 Å². The van der Waals surface area contributed by atoms with Gasteiger partial charge in [0.25, 0.3) is 5.56 Å². The maximum Gasteiger partial charge on any atom is 0.277 e. The normalized spacial score (nSPS) is 10.9. The summed E-state index contributed by atoms with van der Waals surface area (Å²) in [6.45, 7) is 2.29. The van der Waals surface area contributed by atoms with Crippen LogP contribution in [0.4, 0.5) is 0 Å². The molecule has 0 saturated carbocycles. The number of amides is 1. The van der Waals surface area contributed by atoms with Crippen LogP contribution in [0.25, 0.3) is 16.9 Å². The number of hydrogen-bond acceptors (Lipinski definition) is 5. The van der Waals surface area contributed by atoms with Crippen LogP contribution >= 0.6 is 0 Å². The Hall–Kier alpha value is -4.07. The summed E-state index contributed by atoms with van der Waals surface area (Å²) in [6, 6.07) is 17.0. The maximum absolute atomic E-state index is 13.2. The van der Waals surface area contributed by atoms with Crippen molar-refractivity contribution >= 4 is 11.6 Å². The van der Waals surface area contributed by atoms with Gasteiger partial charge in [0.15, 0.2) is 0 Å². The molecule has 8 heteroatoms. The monoisotopic (exact) mass is 460 g/mol. The number of carbonyl (C=O) groups excluding carboxylic acids is 1. The molecule has 0 bridgehead atoms. The predicted octanol–water partition coefficient (Wildman–Crippen LogP) is 3.27. The van der Waals surface area contributed by atoms with Gasteiger partial charge in [0.2, 0.25) is 5.91 Å². The molecular formula is C26H28N4O4. The summed E-state index contributed by atoms with van der Waals surface area (Å²) in [7, 11) is 5.12. The third kappa shape index (κ3) is 4.66. The van der Waals surface area contributed by atoms with Gasteiger partial charge in [-0.05, 0) is 55.3 Å². The van der Waals surface area contributed by atoms with Crippen LogP contribution in [0.3, 0.4) is 0 Å². The molecule has 1 N–H and O–H groups in total. The highest BCUT2D eigenvalue weighted by Crippen LogP contribution is 2.23. The Bertz CT molecular complexity index is 1390. The number of carbonyl (C=O) groups is 1. The number of aryl methyl sites for hydroxylation is 1. The fourth-order valence-electron chi connectivity index (χ4n) is 3.92. The zero-order valence-corrected chi connectivity index (χ0v) is 19.8. The molecule has 0 saturated heterocycles. The lowest BCUT2D eigenvalue weighted by molar-refractivity contribution is -0.121. The first-order chi connectivity index (χ1) is 16.4. The van der Waals surface area contributed by atoms with Gasteiger partial charge in [0, 0.05) is 42.9 Å². The molecule has 2 heterocycles. The van der Waals surface area contributed by atoms with Crippen LogP contribution < -0.4 is 20.3 Å². The third-order valence-corrected chi connectivity index (χ3v) is 6.04. The molecule has 0 aliphatic rings. The number of rotatable bonds is 8. The highest BCUT2D eigenvalue weighted by Gasteiger charge is 2.16. The summed E-state index contributed by atoms with van der Waals surface area (Å²) < 4.78 is 13.8. The van der Waals surface area contributed by atoms with Gasteiger partial charge in [-0.3, -0.25) is 9.59 Å². The Morgan fingerprint density at radius 2 is 1.76 bits per heavy atom. The van der Waals surface area contributed by atoms with E-state index in [-0.39, 0.29) is 17.9 Å². The Morgan fingerprint density at radius 1 is 1.03 bits per heavy atom. The minimum absolute atomic E-state index is 0.122. The topological polar surface area (TPSA) is 86.9 Å². The van der Waals surface area contributed by atoms with Crippen molar-refractivity contribution in [3.8, 4) is 22.8 Å². The molecule has 34 heavy (non-hydrogen) atoms. The lowest BCUT2D eigenvalue weighted by atomic mass is 10.1. The predicted molar refractivity (Wildman–Crippen MR) is 130 cm³/mol. The number of fused-ring (bicyclic) bond motifs is 1. The first-order valence-electron chi connectivity index (χ1n) is 11.0. The molecule has 0 aliphatic heterocycles. The van der Waals surface area contributed by atoms with Crippen molar-refractivity contribution in [2.75, 3.05) is 14.2 Å². The maximum atomic E-state index is 13.2. The van der Waals surface area contributed by atoms with Crippen molar-refractivity contribution in [2.24, 2.45) is 7.05 Å². The molecule has 0 aliphatic carbocycles. The largest absolute Gasteiger partial charge is 0.497 e. The van der Waals surface area contributed by atoms with Crippen molar-refractivity contribution in [3.63, 3.8) is 0 Å². The zero-order chi connectivity index (χ0) is 24.2. The average Bonchev–Trinajstić information content (AvgIpc) is 3.32. The molecule has 2 aromatic carbocycles. The van der Waals surface area contributed by atoms with E-state index in [1.807, 2.05) is 73.1 Å². The Kier molecular flexibility index (Phi) is 6.67. The van der Waals surface area contributed by atoms with Crippen molar-refractivity contribution in [1.82, 2.24) is 19.5 Å². The molecule has 176 valence electrons. The van der Waals surface area contributed by atoms with Crippen LogP contribution in [0.2, 0.25) is 0 Å². The Balaban J connectivity index is 1.51. The molecule has 8 nitrogen and oxygen atoms in total. The van der Waals surface area contributed by atoms with Gasteiger partial charge in [0.1, 0.15) is 17.1 Å². The molecule has 0 radical (unpaired) electrons. The minimum atomic E-state index is -0.203. The number of benzene rings is 2. The van der Waals surface area contributed by atoms with E-state index in [0.717, 1.165) is 28.3 Å². The van der Waals surface area contributed by atoms with Crippen molar-refractivity contribution in [1.29, 1.82) is 0 Å². The van der Waals surface area contributed by atoms with Crippen LogP contribution in [-0.2, 0) is 24.8 Å². The summed E-state index contributed by atoms with van der Waals surface area (Å²) in [5.74, 6) is 1.38. The molecule has 2 aromatic heterocycles. The summed E-state index contributed by atoms with van der Waals surface area (Å²) >= 11 is 0. The summed E-state index contributed by atoms with van der Waals surface area (Å²) in [5, 5.41) is 7.46. The standard InChI is InChI=1S/C26H28N4O4/c1-17-22(12-13-24(31)27-16-18-6-5-7-21(14-18)34-4)26(32)30-25(29(17)2)15-23(28-30)19-8-10-20(33-3)11-9-19/h5-11,14-15H,12-13,16H2,1-4H3,(H,27,31). The fraction of sp³-hybridized carbons (Fsp3) is 0.269. The van der Waals surface area contributed by atoms with Crippen molar-refractivity contribution in [2.45, 2.75) is 26.3 Å². The van der Waals surface area contributed by atoms with Crippen LogP contribution in [-0.4, -0.2) is 34.3 Å². The molecule has 4 aromatic rings. The van der Waals surface area contributed by atoms with Crippen LogP contribution in [0.1, 0.15) is 23.2 Å². The van der Waals surface area contributed by atoms with E-state index >= 15 is 0 Å². The number of nitrogens with one attached hydrogen (secondary N) is 1. The summed E-state index contributed by atoms with van der Waals surface area (Å²) in [5.41, 5.74) is 4.42. The second-order valence-corrected chi connectivity index (χ2v) is 8.08. The van der Waals surface area contributed by atoms with E-state index in [1.54, 1.807) is 14.2 Å². The minimum Gasteiger partial charge on any atom is -0.497 e. The SMILES string of the molecule is COc1ccc(-c2cc3n(C)c(C)c(CCC(=O)NCc4cccc(OC)c4)c(=O)n3n2)cc1. The van der Waals surface area contributed by atoms with Gasteiger partial charge in [-0.1, -0.05) is 12.1 Å². The Labute approximate surface area is 197 Å². The highest BCUT2D eigenvalue weighted by molar-refractivity contribution is 5.76. The first-order valence-corrected chi connectivity index (χ1v) is 11.0. The molecule has 0 spiro atoms. The zero-order valence-electron chi connectivity index (χ0n) is 19.8. The van der Waals surface area contributed by atoms with E-state index in [9.17, 15) is 9.59 Å². The van der Waals surface area contributed by atoms with Gasteiger partial charge < -0.3 is 19.4 Å². The smallest absolute Gasteiger partial charge is 0.277 e. The van der Waals surface area contributed by atoms with Crippen molar-refractivity contribution in [3.05, 3.63) is 81.8 Å². The molecule has 0 fully saturated rings. The molecule has 1 amide bonds. The first kappa shape index (κ1) is 23.1. The van der Waals surface area contributed by atoms with E-state index < -0.39 is 0 Å². The van der Waals surface area contributed by atoms with Gasteiger partial charge in [-0.15, -0.1) is 0 Å². The average molecular weight is 461 g/mol. The number of nitrogens with zero attached hydrogens (tertiary/aromatic N) is 3. The van der Waals surface area contributed by atoms with E-state index in [1.165, 1.54) is 4.52 Å². The molecule has 0 atom stereocenters. The summed E-state index contributed by atoms with van der Waals surface area (Å²) in [6.07, 6.45) is 0.536. The van der Waals surface area contributed by atoms with E-state index in [2.05, 4.69) is 10.4 Å². The van der Waals surface area contributed by atoms with Gasteiger partial charge in [-0.2, -0.15) is 9.61 Å². The van der Waals surface area contributed by atoms with Crippen molar-refractivity contribution < 1.29 is 14.3 Å². The number of ether oxygens (including phenoxy) is 2. The van der Waals surface area contributed by atoms with Crippen LogP contribution in [0.5, 0.6) is 11.5 Å².